The molecule has 0 spiro atoms. The van der Waals surface area contributed by atoms with Crippen LogP contribution >= 0.6 is 0 Å². The van der Waals surface area contributed by atoms with Crippen molar-refractivity contribution in [3.05, 3.63) is 0 Å². The second kappa shape index (κ2) is 4.68. The van der Waals surface area contributed by atoms with Gasteiger partial charge in [0.05, 0.1) is 13.3 Å². The van der Waals surface area contributed by atoms with Gasteiger partial charge in [-0.3, -0.25) is 8.78 Å². The summed E-state index contributed by atoms with van der Waals surface area (Å²) in [6.07, 6.45) is 0.525. The lowest BCUT2D eigenvalue weighted by Gasteiger charge is -1.99. The summed E-state index contributed by atoms with van der Waals surface area (Å²) in [7, 11) is 0. The van der Waals surface area contributed by atoms with Crippen LogP contribution in [0.4, 0.5) is 8.78 Å². The molecule has 0 N–H and O–H groups in total. The van der Waals surface area contributed by atoms with Gasteiger partial charge in [0.15, 0.2) is 0 Å². The smallest absolute Gasteiger partial charge is 0.120 e. The standard InChI is InChI=1S/C5H8F2O/c6-3-5(4-7)1-2-8/h2,5H,1,3-4H2. The van der Waals surface area contributed by atoms with Crippen molar-refractivity contribution in [1.82, 2.24) is 0 Å². The molecule has 0 aliphatic heterocycles. The van der Waals surface area contributed by atoms with E-state index in [0.29, 0.717) is 6.29 Å². The van der Waals surface area contributed by atoms with Gasteiger partial charge in [0.2, 0.25) is 0 Å². The molecule has 8 heavy (non-hydrogen) atoms. The third-order valence-corrected chi connectivity index (χ3v) is 0.866. The van der Waals surface area contributed by atoms with E-state index in [4.69, 9.17) is 0 Å². The van der Waals surface area contributed by atoms with Crippen molar-refractivity contribution < 1.29 is 13.6 Å². The third-order valence-electron chi connectivity index (χ3n) is 0.866. The van der Waals surface area contributed by atoms with E-state index in [1.807, 2.05) is 0 Å². The van der Waals surface area contributed by atoms with Gasteiger partial charge in [0.25, 0.3) is 0 Å². The SMILES string of the molecule is O=CCC(CF)CF. The molecule has 0 fully saturated rings. The first-order valence-corrected chi connectivity index (χ1v) is 2.40. The Labute approximate surface area is 46.7 Å². The average molecular weight is 122 g/mol. The summed E-state index contributed by atoms with van der Waals surface area (Å²) < 4.78 is 22.9. The van der Waals surface area contributed by atoms with Crippen LogP contribution in [0.25, 0.3) is 0 Å². The second-order valence-corrected chi connectivity index (χ2v) is 1.58. The van der Waals surface area contributed by atoms with E-state index in [9.17, 15) is 13.6 Å². The summed E-state index contributed by atoms with van der Waals surface area (Å²) in [6.45, 7) is -1.48. The highest BCUT2D eigenvalue weighted by molar-refractivity contribution is 5.49. The van der Waals surface area contributed by atoms with E-state index < -0.39 is 19.3 Å². The Morgan fingerprint density at radius 3 is 2.00 bits per heavy atom. The lowest BCUT2D eigenvalue weighted by atomic mass is 10.1. The summed E-state index contributed by atoms with van der Waals surface area (Å²) in [5, 5.41) is 0. The molecule has 0 aliphatic carbocycles. The minimum absolute atomic E-state index is 0.00694. The summed E-state index contributed by atoms with van der Waals surface area (Å²) in [5.41, 5.74) is 0. The van der Waals surface area contributed by atoms with Crippen LogP contribution in [-0.2, 0) is 4.79 Å². The molecule has 0 atom stereocenters. The molecule has 0 aromatic carbocycles. The molecule has 0 saturated carbocycles. The third kappa shape index (κ3) is 2.66. The Balaban J connectivity index is 3.20. The highest BCUT2D eigenvalue weighted by Crippen LogP contribution is 2.01. The Morgan fingerprint density at radius 1 is 1.38 bits per heavy atom. The van der Waals surface area contributed by atoms with Gasteiger partial charge in [-0.05, 0) is 0 Å². The van der Waals surface area contributed by atoms with Crippen molar-refractivity contribution in [2.45, 2.75) is 6.42 Å². The topological polar surface area (TPSA) is 17.1 Å². The maximum absolute atomic E-state index is 11.4. The minimum atomic E-state index is -0.741. The van der Waals surface area contributed by atoms with Crippen LogP contribution in [0.3, 0.4) is 0 Å². The van der Waals surface area contributed by atoms with Crippen molar-refractivity contribution in [1.29, 1.82) is 0 Å². The molecule has 0 radical (unpaired) electrons. The fraction of sp³-hybridized carbons (Fsp3) is 0.800. The lowest BCUT2D eigenvalue weighted by Crippen LogP contribution is -2.05. The molecule has 0 bridgehead atoms. The molecule has 0 amide bonds. The normalized spacial score (nSPS) is 9.88. The molecule has 0 heterocycles. The quantitative estimate of drug-likeness (QED) is 0.511. The fourth-order valence-corrected chi connectivity index (χ4v) is 0.303. The average Bonchev–Trinajstić information content (AvgIpc) is 1.83. The van der Waals surface area contributed by atoms with Crippen molar-refractivity contribution in [3.8, 4) is 0 Å². The van der Waals surface area contributed by atoms with Crippen LogP contribution < -0.4 is 0 Å². The minimum Gasteiger partial charge on any atom is -0.303 e. The predicted molar refractivity (Wildman–Crippen MR) is 26.1 cm³/mol. The first kappa shape index (κ1) is 7.53. The zero-order valence-electron chi connectivity index (χ0n) is 4.44. The number of aldehydes is 1. The number of carbonyl (C=O) groups excluding carboxylic acids is 1. The summed E-state index contributed by atoms with van der Waals surface area (Å²) in [6, 6.07) is 0. The maximum atomic E-state index is 11.4. The van der Waals surface area contributed by atoms with E-state index in [0.717, 1.165) is 0 Å². The van der Waals surface area contributed by atoms with Crippen molar-refractivity contribution in [3.63, 3.8) is 0 Å². The molecular formula is C5H8F2O. The van der Waals surface area contributed by atoms with Gasteiger partial charge >= 0.3 is 0 Å². The Morgan fingerprint density at radius 2 is 1.88 bits per heavy atom. The number of carbonyl (C=O) groups is 1. The summed E-state index contributed by atoms with van der Waals surface area (Å²) in [5.74, 6) is -0.701. The van der Waals surface area contributed by atoms with Gasteiger partial charge in [0, 0.05) is 12.3 Å². The van der Waals surface area contributed by atoms with Crippen LogP contribution in [0.1, 0.15) is 6.42 Å². The molecular weight excluding hydrogens is 114 g/mol. The lowest BCUT2D eigenvalue weighted by molar-refractivity contribution is -0.108. The van der Waals surface area contributed by atoms with Gasteiger partial charge in [-0.1, -0.05) is 0 Å². The molecule has 0 rings (SSSR count). The molecule has 0 aliphatic rings. The number of halogens is 2. The highest BCUT2D eigenvalue weighted by atomic mass is 19.1. The monoisotopic (exact) mass is 122 g/mol. The van der Waals surface area contributed by atoms with Crippen molar-refractivity contribution >= 4 is 6.29 Å². The number of rotatable bonds is 4. The van der Waals surface area contributed by atoms with E-state index >= 15 is 0 Å². The number of hydrogen-bond donors (Lipinski definition) is 0. The molecule has 3 heteroatoms. The first-order chi connectivity index (χ1) is 3.85. The molecule has 0 unspecified atom stereocenters. The Bertz CT molecular complexity index is 61.4. The largest absolute Gasteiger partial charge is 0.303 e. The highest BCUT2D eigenvalue weighted by Gasteiger charge is 2.04. The number of hydrogen-bond acceptors (Lipinski definition) is 1. The first-order valence-electron chi connectivity index (χ1n) is 2.40. The fourth-order valence-electron chi connectivity index (χ4n) is 0.303. The van der Waals surface area contributed by atoms with Gasteiger partial charge < -0.3 is 4.79 Å². The maximum Gasteiger partial charge on any atom is 0.120 e. The zero-order chi connectivity index (χ0) is 6.41. The second-order valence-electron chi connectivity index (χ2n) is 1.58. The summed E-state index contributed by atoms with van der Waals surface area (Å²) in [4.78, 5) is 9.60. The molecule has 0 saturated heterocycles. The van der Waals surface area contributed by atoms with Crippen LogP contribution in [0.5, 0.6) is 0 Å². The molecule has 0 aromatic rings. The van der Waals surface area contributed by atoms with Crippen LogP contribution in [0, 0.1) is 5.92 Å². The molecule has 1 nitrogen and oxygen atoms in total. The van der Waals surface area contributed by atoms with E-state index in [1.165, 1.54) is 0 Å². The molecule has 48 valence electrons. The van der Waals surface area contributed by atoms with E-state index in [-0.39, 0.29) is 6.42 Å². The molecule has 0 aromatic heterocycles. The summed E-state index contributed by atoms with van der Waals surface area (Å²) >= 11 is 0. The predicted octanol–water partition coefficient (Wildman–Crippen LogP) is 1.13. The number of alkyl halides is 2. The van der Waals surface area contributed by atoms with Crippen LogP contribution in [0.2, 0.25) is 0 Å². The Kier molecular flexibility index (Phi) is 4.41. The van der Waals surface area contributed by atoms with E-state index in [2.05, 4.69) is 0 Å². The Hall–Kier alpha value is -0.470. The van der Waals surface area contributed by atoms with Crippen molar-refractivity contribution in [2.24, 2.45) is 5.92 Å². The van der Waals surface area contributed by atoms with Gasteiger partial charge in [-0.15, -0.1) is 0 Å². The van der Waals surface area contributed by atoms with E-state index in [1.54, 1.807) is 0 Å². The zero-order valence-corrected chi connectivity index (χ0v) is 4.44. The van der Waals surface area contributed by atoms with Crippen LogP contribution in [0.15, 0.2) is 0 Å². The van der Waals surface area contributed by atoms with Gasteiger partial charge in [0.1, 0.15) is 6.29 Å². The van der Waals surface area contributed by atoms with Crippen molar-refractivity contribution in [2.75, 3.05) is 13.3 Å². The van der Waals surface area contributed by atoms with Crippen LogP contribution in [-0.4, -0.2) is 19.6 Å². The van der Waals surface area contributed by atoms with Gasteiger partial charge in [-0.2, -0.15) is 0 Å². The van der Waals surface area contributed by atoms with Gasteiger partial charge in [-0.25, -0.2) is 0 Å².